The van der Waals surface area contributed by atoms with Gasteiger partial charge in [-0.05, 0) is 42.8 Å². The highest BCUT2D eigenvalue weighted by atomic mass is 32.1. The average molecular weight is 345 g/mol. The minimum absolute atomic E-state index is 0.164. The minimum atomic E-state index is 0.164. The Morgan fingerprint density at radius 3 is 2.88 bits per heavy atom. The summed E-state index contributed by atoms with van der Waals surface area (Å²) in [6.07, 6.45) is 7.49. The number of ether oxygens (including phenoxy) is 1. The molecular weight excluding hydrogens is 322 g/mol. The van der Waals surface area contributed by atoms with Crippen molar-refractivity contribution < 1.29 is 4.74 Å². The van der Waals surface area contributed by atoms with E-state index in [0.717, 1.165) is 36.7 Å². The highest BCUT2D eigenvalue weighted by Gasteiger charge is 2.44. The number of hydrogen-bond acceptors (Lipinski definition) is 5. The molecule has 0 saturated carbocycles. The number of thiocarbonyl (C=S) groups is 1. The normalized spacial score (nSPS) is 27.9. The van der Waals surface area contributed by atoms with Crippen LogP contribution >= 0.6 is 12.2 Å². The first-order chi connectivity index (χ1) is 11.8. The van der Waals surface area contributed by atoms with E-state index < -0.39 is 0 Å². The second kappa shape index (κ2) is 6.58. The van der Waals surface area contributed by atoms with E-state index >= 15 is 0 Å². The molecule has 128 valence electrons. The van der Waals surface area contributed by atoms with Gasteiger partial charge in [0.05, 0.1) is 18.7 Å². The van der Waals surface area contributed by atoms with Crippen LogP contribution in [-0.4, -0.2) is 33.8 Å². The molecule has 3 aliphatic rings. The molecular formula is C17H23N5OS. The third-order valence-corrected chi connectivity index (χ3v) is 5.11. The zero-order chi connectivity index (χ0) is 16.5. The van der Waals surface area contributed by atoms with E-state index in [1.54, 1.807) is 0 Å². The molecule has 3 heterocycles. The van der Waals surface area contributed by atoms with E-state index in [-0.39, 0.29) is 6.17 Å². The van der Waals surface area contributed by atoms with E-state index in [0.29, 0.717) is 12.1 Å². The number of hydrogen-bond donors (Lipinski definition) is 3. The Hall–Kier alpha value is -1.83. The molecule has 3 aliphatic heterocycles. The molecule has 0 radical (unpaired) electrons. The van der Waals surface area contributed by atoms with Gasteiger partial charge in [0.15, 0.2) is 5.11 Å². The number of rotatable bonds is 5. The summed E-state index contributed by atoms with van der Waals surface area (Å²) < 4.78 is 5.75. The van der Waals surface area contributed by atoms with Crippen LogP contribution in [-0.2, 0) is 0 Å². The molecule has 0 aromatic heterocycles. The Morgan fingerprint density at radius 1 is 1.25 bits per heavy atom. The summed E-state index contributed by atoms with van der Waals surface area (Å²) >= 11 is 5.31. The molecule has 7 heteroatoms. The molecule has 6 nitrogen and oxygen atoms in total. The molecule has 1 aromatic rings. The van der Waals surface area contributed by atoms with E-state index in [4.69, 9.17) is 17.0 Å². The zero-order valence-corrected chi connectivity index (χ0v) is 14.6. The van der Waals surface area contributed by atoms with Gasteiger partial charge >= 0.3 is 0 Å². The summed E-state index contributed by atoms with van der Waals surface area (Å²) in [7, 11) is 0. The highest BCUT2D eigenvalue weighted by molar-refractivity contribution is 7.80. The molecule has 0 spiro atoms. The van der Waals surface area contributed by atoms with Crippen LogP contribution in [0.3, 0.4) is 0 Å². The van der Waals surface area contributed by atoms with Gasteiger partial charge in [-0.1, -0.05) is 25.5 Å². The molecule has 0 aliphatic carbocycles. The van der Waals surface area contributed by atoms with Crippen molar-refractivity contribution in [2.45, 2.75) is 44.4 Å². The van der Waals surface area contributed by atoms with Crippen LogP contribution in [0.15, 0.2) is 36.7 Å². The second-order valence-electron chi connectivity index (χ2n) is 6.39. The predicted octanol–water partition coefficient (Wildman–Crippen LogP) is 1.99. The number of nitrogens with one attached hydrogen (secondary N) is 3. The van der Waals surface area contributed by atoms with Crippen LogP contribution in [0.25, 0.3) is 0 Å². The van der Waals surface area contributed by atoms with Crippen molar-refractivity contribution in [3.8, 4) is 5.75 Å². The van der Waals surface area contributed by atoms with Crippen molar-refractivity contribution in [1.82, 2.24) is 26.2 Å². The lowest BCUT2D eigenvalue weighted by molar-refractivity contribution is 0.153. The van der Waals surface area contributed by atoms with Crippen LogP contribution in [0, 0.1) is 0 Å². The lowest BCUT2D eigenvalue weighted by atomic mass is 10.00. The number of benzene rings is 1. The maximum atomic E-state index is 5.75. The molecule has 24 heavy (non-hydrogen) atoms. The predicted molar refractivity (Wildman–Crippen MR) is 96.6 cm³/mol. The van der Waals surface area contributed by atoms with Crippen LogP contribution in [0.4, 0.5) is 0 Å². The number of fused-ring (bicyclic) bond motifs is 3. The van der Waals surface area contributed by atoms with Crippen molar-refractivity contribution >= 4 is 17.3 Å². The average Bonchev–Trinajstić information content (AvgIpc) is 3.19. The van der Waals surface area contributed by atoms with Crippen molar-refractivity contribution in [2.75, 3.05) is 6.61 Å². The summed E-state index contributed by atoms with van der Waals surface area (Å²) in [4.78, 5) is 2.07. The third-order valence-electron chi connectivity index (χ3n) is 4.80. The standard InChI is InChI=1S/C17H23N5OS/c1-2-3-10-23-13-6-4-12(5-7-13)14-11-15-16-18-19-17(24)21(16)8-9-22(15)20-14/h4-9,14-16,18,20H,2-3,10-11H2,1H3,(H,19,24). The fourth-order valence-corrected chi connectivity index (χ4v) is 3.67. The van der Waals surface area contributed by atoms with Crippen LogP contribution in [0.1, 0.15) is 37.8 Å². The maximum absolute atomic E-state index is 5.75. The highest BCUT2D eigenvalue weighted by Crippen LogP contribution is 2.33. The molecule has 1 aromatic carbocycles. The fourth-order valence-electron chi connectivity index (χ4n) is 3.44. The van der Waals surface area contributed by atoms with Crippen LogP contribution < -0.4 is 21.0 Å². The quantitative estimate of drug-likeness (QED) is 0.557. The number of nitrogens with zero attached hydrogens (tertiary/aromatic N) is 2. The molecule has 0 amide bonds. The van der Waals surface area contributed by atoms with Gasteiger partial charge in [0.2, 0.25) is 0 Å². The minimum Gasteiger partial charge on any atom is -0.494 e. The van der Waals surface area contributed by atoms with Crippen molar-refractivity contribution in [2.24, 2.45) is 0 Å². The van der Waals surface area contributed by atoms with Crippen molar-refractivity contribution in [3.05, 3.63) is 42.2 Å². The number of hydrazine groups is 2. The molecule has 3 unspecified atom stereocenters. The lowest BCUT2D eigenvalue weighted by Gasteiger charge is -2.35. The smallest absolute Gasteiger partial charge is 0.189 e. The first kappa shape index (κ1) is 15.7. The van der Waals surface area contributed by atoms with Gasteiger partial charge in [-0.3, -0.25) is 5.43 Å². The Balaban J connectivity index is 1.42. The molecule has 4 rings (SSSR count). The Labute approximate surface area is 147 Å². The van der Waals surface area contributed by atoms with Gasteiger partial charge < -0.3 is 14.6 Å². The summed E-state index contributed by atoms with van der Waals surface area (Å²) in [5, 5.41) is 2.91. The van der Waals surface area contributed by atoms with Gasteiger partial charge in [-0.15, -0.1) is 0 Å². The van der Waals surface area contributed by atoms with Gasteiger partial charge in [0, 0.05) is 12.4 Å². The van der Waals surface area contributed by atoms with E-state index in [9.17, 15) is 0 Å². The monoisotopic (exact) mass is 345 g/mol. The van der Waals surface area contributed by atoms with Gasteiger partial charge in [0.25, 0.3) is 0 Å². The summed E-state index contributed by atoms with van der Waals surface area (Å²) in [5.41, 5.74) is 11.2. The van der Waals surface area contributed by atoms with Crippen LogP contribution in [0.5, 0.6) is 5.75 Å². The SMILES string of the molecule is CCCCOc1ccc(C2CC3C4NNC(=S)N4C=CN3N2)cc1. The third kappa shape index (κ3) is 2.83. The number of unbranched alkanes of at least 4 members (excludes halogenated alkanes) is 1. The van der Waals surface area contributed by atoms with E-state index in [2.05, 4.69) is 63.6 Å². The van der Waals surface area contributed by atoms with E-state index in [1.165, 1.54) is 5.56 Å². The van der Waals surface area contributed by atoms with Crippen molar-refractivity contribution in [1.29, 1.82) is 0 Å². The molecule has 3 atom stereocenters. The van der Waals surface area contributed by atoms with E-state index in [1.807, 2.05) is 6.20 Å². The maximum Gasteiger partial charge on any atom is 0.189 e. The van der Waals surface area contributed by atoms with Crippen LogP contribution in [0.2, 0.25) is 0 Å². The molecule has 2 fully saturated rings. The Bertz CT molecular complexity index is 634. The van der Waals surface area contributed by atoms with Gasteiger partial charge in [0.1, 0.15) is 11.9 Å². The molecule has 3 N–H and O–H groups in total. The second-order valence-corrected chi connectivity index (χ2v) is 6.77. The first-order valence-electron chi connectivity index (χ1n) is 8.55. The topological polar surface area (TPSA) is 51.8 Å². The lowest BCUT2D eigenvalue weighted by Crippen LogP contribution is -2.53. The fraction of sp³-hybridized carbons (Fsp3) is 0.471. The first-order valence-corrected chi connectivity index (χ1v) is 8.96. The summed E-state index contributed by atoms with van der Waals surface area (Å²) in [6, 6.07) is 9.06. The van der Waals surface area contributed by atoms with Crippen molar-refractivity contribution in [3.63, 3.8) is 0 Å². The van der Waals surface area contributed by atoms with Gasteiger partial charge in [-0.2, -0.15) is 0 Å². The molecule has 2 saturated heterocycles. The summed E-state index contributed by atoms with van der Waals surface area (Å²) in [6.45, 7) is 2.96. The molecule has 0 bridgehead atoms. The Kier molecular flexibility index (Phi) is 4.30. The zero-order valence-electron chi connectivity index (χ0n) is 13.7. The largest absolute Gasteiger partial charge is 0.494 e. The Morgan fingerprint density at radius 2 is 2.08 bits per heavy atom. The van der Waals surface area contributed by atoms with Gasteiger partial charge in [-0.25, -0.2) is 10.9 Å². The summed E-state index contributed by atoms with van der Waals surface area (Å²) in [5.74, 6) is 0.945.